The monoisotopic (exact) mass is 286 g/mol. The van der Waals surface area contributed by atoms with Gasteiger partial charge in [-0.1, -0.05) is 30.3 Å². The van der Waals surface area contributed by atoms with Crippen LogP contribution in [0.1, 0.15) is 11.1 Å². The molecule has 0 amide bonds. The van der Waals surface area contributed by atoms with Gasteiger partial charge in [0.05, 0.1) is 18.2 Å². The van der Waals surface area contributed by atoms with Crippen LogP contribution in [0.4, 0.5) is 11.6 Å². The van der Waals surface area contributed by atoms with Crippen LogP contribution in [0.15, 0.2) is 73.1 Å². The smallest absolute Gasteiger partial charge is 0.134 e. The largest absolute Gasteiger partial charge is 0.306 e. The first-order valence-corrected chi connectivity index (χ1v) is 6.96. The Balaban J connectivity index is 2.02. The quantitative estimate of drug-likeness (QED) is 0.734. The number of rotatable bonds is 4. The molecule has 4 heteroatoms. The van der Waals surface area contributed by atoms with Gasteiger partial charge in [-0.2, -0.15) is 5.26 Å². The van der Waals surface area contributed by atoms with Crippen molar-refractivity contribution in [2.75, 3.05) is 4.90 Å². The third-order valence-electron chi connectivity index (χ3n) is 3.32. The van der Waals surface area contributed by atoms with Crippen molar-refractivity contribution in [2.24, 2.45) is 0 Å². The van der Waals surface area contributed by atoms with Gasteiger partial charge in [-0.25, -0.2) is 9.97 Å². The highest BCUT2D eigenvalue weighted by molar-refractivity contribution is 5.56. The summed E-state index contributed by atoms with van der Waals surface area (Å²) in [5.74, 6) is 1.60. The maximum atomic E-state index is 9.27. The molecule has 0 aliphatic heterocycles. The van der Waals surface area contributed by atoms with E-state index in [2.05, 4.69) is 16.0 Å². The van der Waals surface area contributed by atoms with Gasteiger partial charge in [0.2, 0.25) is 0 Å². The summed E-state index contributed by atoms with van der Waals surface area (Å²) in [5.41, 5.74) is 1.61. The molecule has 3 aromatic rings. The van der Waals surface area contributed by atoms with Crippen LogP contribution in [-0.2, 0) is 6.54 Å². The molecule has 3 rings (SSSR count). The van der Waals surface area contributed by atoms with Crippen molar-refractivity contribution in [3.05, 3.63) is 84.2 Å². The van der Waals surface area contributed by atoms with E-state index in [4.69, 9.17) is 0 Å². The maximum Gasteiger partial charge on any atom is 0.134 e. The van der Waals surface area contributed by atoms with Crippen molar-refractivity contribution in [3.8, 4) is 6.07 Å². The van der Waals surface area contributed by atoms with E-state index in [1.165, 1.54) is 0 Å². The minimum atomic E-state index is 0.539. The summed E-state index contributed by atoms with van der Waals surface area (Å²) >= 11 is 0. The van der Waals surface area contributed by atoms with Gasteiger partial charge in [-0.05, 0) is 35.9 Å². The van der Waals surface area contributed by atoms with Crippen molar-refractivity contribution in [2.45, 2.75) is 6.54 Å². The lowest BCUT2D eigenvalue weighted by molar-refractivity contribution is 0.920. The van der Waals surface area contributed by atoms with E-state index in [0.717, 1.165) is 17.2 Å². The molecule has 0 atom stereocenters. The van der Waals surface area contributed by atoms with Gasteiger partial charge < -0.3 is 4.90 Å². The van der Waals surface area contributed by atoms with Gasteiger partial charge >= 0.3 is 0 Å². The number of nitrogens with zero attached hydrogens (tertiary/aromatic N) is 4. The number of pyridine rings is 2. The normalized spacial score (nSPS) is 9.95. The summed E-state index contributed by atoms with van der Waals surface area (Å²) in [6.07, 6.45) is 3.50. The van der Waals surface area contributed by atoms with Crippen molar-refractivity contribution >= 4 is 11.6 Å². The van der Waals surface area contributed by atoms with Gasteiger partial charge in [0.25, 0.3) is 0 Å². The summed E-state index contributed by atoms with van der Waals surface area (Å²) in [6.45, 7) is 0.539. The summed E-state index contributed by atoms with van der Waals surface area (Å²) in [7, 11) is 0. The molecule has 0 bridgehead atoms. The third-order valence-corrected chi connectivity index (χ3v) is 3.32. The number of hydrogen-bond acceptors (Lipinski definition) is 4. The first-order chi connectivity index (χ1) is 10.9. The van der Waals surface area contributed by atoms with Crippen molar-refractivity contribution in [1.82, 2.24) is 9.97 Å². The van der Waals surface area contributed by atoms with E-state index in [-0.39, 0.29) is 0 Å². The van der Waals surface area contributed by atoms with Gasteiger partial charge in [0.15, 0.2) is 0 Å². The van der Waals surface area contributed by atoms with Gasteiger partial charge in [-0.15, -0.1) is 0 Å². The molecule has 0 unspecified atom stereocenters. The second-order valence-corrected chi connectivity index (χ2v) is 4.73. The Morgan fingerprint density at radius 1 is 0.818 bits per heavy atom. The zero-order chi connectivity index (χ0) is 15.2. The molecule has 106 valence electrons. The van der Waals surface area contributed by atoms with Crippen LogP contribution in [-0.4, -0.2) is 9.97 Å². The summed E-state index contributed by atoms with van der Waals surface area (Å²) < 4.78 is 0. The Kier molecular flexibility index (Phi) is 4.08. The van der Waals surface area contributed by atoms with Gasteiger partial charge in [0.1, 0.15) is 11.6 Å². The minimum absolute atomic E-state index is 0.539. The minimum Gasteiger partial charge on any atom is -0.306 e. The molecule has 1 aromatic carbocycles. The zero-order valence-electron chi connectivity index (χ0n) is 11.9. The third kappa shape index (κ3) is 2.94. The standard InChI is InChI=1S/C18H14N4/c19-13-15-7-1-2-8-16(15)14-22(17-9-3-5-11-20-17)18-10-4-6-12-21-18/h1-12H,14H2. The highest BCUT2D eigenvalue weighted by Crippen LogP contribution is 2.24. The highest BCUT2D eigenvalue weighted by Gasteiger charge is 2.13. The molecule has 0 saturated heterocycles. The summed E-state index contributed by atoms with van der Waals surface area (Å²) in [5, 5.41) is 9.27. The van der Waals surface area contributed by atoms with Crippen LogP contribution >= 0.6 is 0 Å². The fourth-order valence-electron chi connectivity index (χ4n) is 2.24. The Labute approximate surface area is 129 Å². The molecule has 0 spiro atoms. The van der Waals surface area contributed by atoms with E-state index < -0.39 is 0 Å². The number of benzene rings is 1. The lowest BCUT2D eigenvalue weighted by atomic mass is 10.1. The predicted octanol–water partition coefficient (Wildman–Crippen LogP) is 3.69. The average molecular weight is 286 g/mol. The van der Waals surface area contributed by atoms with Crippen molar-refractivity contribution in [1.29, 1.82) is 5.26 Å². The molecule has 0 fully saturated rings. The number of anilines is 2. The molecule has 4 nitrogen and oxygen atoms in total. The van der Waals surface area contributed by atoms with Crippen LogP contribution in [0.3, 0.4) is 0 Å². The Morgan fingerprint density at radius 3 is 1.95 bits per heavy atom. The molecule has 22 heavy (non-hydrogen) atoms. The molecule has 0 aliphatic rings. The molecular weight excluding hydrogens is 272 g/mol. The molecule has 0 N–H and O–H groups in total. The second-order valence-electron chi connectivity index (χ2n) is 4.73. The topological polar surface area (TPSA) is 52.8 Å². The number of aromatic nitrogens is 2. The van der Waals surface area contributed by atoms with Crippen LogP contribution in [0, 0.1) is 11.3 Å². The van der Waals surface area contributed by atoms with E-state index in [1.807, 2.05) is 65.6 Å². The van der Waals surface area contributed by atoms with Crippen LogP contribution in [0.5, 0.6) is 0 Å². The number of hydrogen-bond donors (Lipinski definition) is 0. The van der Waals surface area contributed by atoms with Crippen LogP contribution in [0.2, 0.25) is 0 Å². The SMILES string of the molecule is N#Cc1ccccc1CN(c1ccccn1)c1ccccn1. The van der Waals surface area contributed by atoms with Crippen LogP contribution in [0.25, 0.3) is 0 Å². The first-order valence-electron chi connectivity index (χ1n) is 6.96. The van der Waals surface area contributed by atoms with E-state index in [1.54, 1.807) is 12.4 Å². The summed E-state index contributed by atoms with van der Waals surface area (Å²) in [6, 6.07) is 21.3. The molecular formula is C18H14N4. The Bertz CT molecular complexity index is 739. The fourth-order valence-corrected chi connectivity index (χ4v) is 2.24. The lowest BCUT2D eigenvalue weighted by Crippen LogP contribution is -2.19. The molecule has 2 aromatic heterocycles. The number of nitriles is 1. The van der Waals surface area contributed by atoms with E-state index in [0.29, 0.717) is 12.1 Å². The van der Waals surface area contributed by atoms with Crippen molar-refractivity contribution in [3.63, 3.8) is 0 Å². The fraction of sp³-hybridized carbons (Fsp3) is 0.0556. The zero-order valence-corrected chi connectivity index (χ0v) is 11.9. The lowest BCUT2D eigenvalue weighted by Gasteiger charge is -2.23. The Morgan fingerprint density at radius 2 is 1.41 bits per heavy atom. The van der Waals surface area contributed by atoms with Gasteiger partial charge in [0, 0.05) is 12.4 Å². The predicted molar refractivity (Wildman–Crippen MR) is 85.5 cm³/mol. The second kappa shape index (κ2) is 6.51. The Hall–Kier alpha value is -3.19. The molecule has 0 aliphatic carbocycles. The highest BCUT2D eigenvalue weighted by atomic mass is 15.2. The average Bonchev–Trinajstić information content (AvgIpc) is 2.61. The van der Waals surface area contributed by atoms with Gasteiger partial charge in [-0.3, -0.25) is 0 Å². The molecule has 2 heterocycles. The molecule has 0 saturated carbocycles. The van der Waals surface area contributed by atoms with E-state index in [9.17, 15) is 5.26 Å². The van der Waals surface area contributed by atoms with Crippen molar-refractivity contribution < 1.29 is 0 Å². The summed E-state index contributed by atoms with van der Waals surface area (Å²) in [4.78, 5) is 10.8. The first kappa shape index (κ1) is 13.8. The molecule has 0 radical (unpaired) electrons. The van der Waals surface area contributed by atoms with E-state index >= 15 is 0 Å². The van der Waals surface area contributed by atoms with Crippen LogP contribution < -0.4 is 4.90 Å². The maximum absolute atomic E-state index is 9.27.